The molecule has 0 radical (unpaired) electrons. The number of nitrogens with zero attached hydrogens (tertiary/aromatic N) is 2. The van der Waals surface area contributed by atoms with Crippen LogP contribution in [0.3, 0.4) is 0 Å². The van der Waals surface area contributed by atoms with Crippen molar-refractivity contribution in [2.75, 3.05) is 65.6 Å². The van der Waals surface area contributed by atoms with Crippen LogP contribution in [0.1, 0.15) is 0 Å². The quantitative estimate of drug-likeness (QED) is 0.754. The van der Waals surface area contributed by atoms with E-state index in [1.807, 2.05) is 40.1 Å². The van der Waals surface area contributed by atoms with Gasteiger partial charge in [0.05, 0.1) is 39.4 Å². The van der Waals surface area contributed by atoms with E-state index in [0.29, 0.717) is 32.8 Å². The van der Waals surface area contributed by atoms with Crippen molar-refractivity contribution in [2.24, 2.45) is 0 Å². The van der Waals surface area contributed by atoms with Crippen LogP contribution in [0.25, 0.3) is 10.8 Å². The molecule has 2 saturated heterocycles. The number of rotatable bonds is 5. The molecule has 1 atom stereocenters. The van der Waals surface area contributed by atoms with Crippen LogP contribution in [-0.2, 0) is 4.74 Å². The largest absolute Gasteiger partial charge is 0.491 e. The Morgan fingerprint density at radius 3 is 2.48 bits per heavy atom. The van der Waals surface area contributed by atoms with E-state index >= 15 is 0 Å². The minimum absolute atomic E-state index is 0.118. The third kappa shape index (κ3) is 5.18. The maximum Gasteiger partial charge on any atom is 0.320 e. The number of amides is 2. The zero-order chi connectivity index (χ0) is 20.1. The second kappa shape index (κ2) is 9.43. The van der Waals surface area contributed by atoms with Gasteiger partial charge in [0.25, 0.3) is 0 Å². The van der Waals surface area contributed by atoms with Crippen molar-refractivity contribution in [1.29, 1.82) is 0 Å². The standard InChI is InChI=1S/C22H29N3O4/c26-20(17-29-21-6-5-18-3-1-2-4-19(18)15-21)16-23-7-9-24(10-8-23)22(27)25-11-13-28-14-12-25/h1-6,15,20,26H,7-14,16-17H2/p+1/t20-/m0/s1. The van der Waals surface area contributed by atoms with E-state index in [-0.39, 0.29) is 12.6 Å². The number of aliphatic hydroxyl groups is 1. The lowest BCUT2D eigenvalue weighted by Crippen LogP contribution is -3.16. The molecule has 0 aliphatic carbocycles. The fourth-order valence-corrected chi connectivity index (χ4v) is 4.01. The maximum absolute atomic E-state index is 12.6. The Morgan fingerprint density at radius 1 is 1.03 bits per heavy atom. The minimum Gasteiger partial charge on any atom is -0.491 e. The Morgan fingerprint density at radius 2 is 1.72 bits per heavy atom. The van der Waals surface area contributed by atoms with Gasteiger partial charge in [-0.2, -0.15) is 0 Å². The van der Waals surface area contributed by atoms with E-state index in [1.165, 1.54) is 10.3 Å². The van der Waals surface area contributed by atoms with E-state index in [1.54, 1.807) is 0 Å². The molecule has 2 aromatic rings. The molecule has 2 amide bonds. The highest BCUT2D eigenvalue weighted by molar-refractivity contribution is 5.83. The number of carbonyl (C=O) groups excluding carboxylic acids is 1. The molecule has 0 saturated carbocycles. The third-order valence-corrected chi connectivity index (χ3v) is 5.71. The van der Waals surface area contributed by atoms with Crippen molar-refractivity contribution < 1.29 is 24.3 Å². The number of benzene rings is 2. The van der Waals surface area contributed by atoms with Crippen LogP contribution in [0.2, 0.25) is 0 Å². The Balaban J connectivity index is 1.20. The molecule has 2 aliphatic heterocycles. The molecule has 0 unspecified atom stereocenters. The molecular formula is C22H30N3O4+. The highest BCUT2D eigenvalue weighted by atomic mass is 16.5. The third-order valence-electron chi connectivity index (χ3n) is 5.71. The topological polar surface area (TPSA) is 66.7 Å². The number of hydrogen-bond donors (Lipinski definition) is 2. The predicted molar refractivity (Wildman–Crippen MR) is 110 cm³/mol. The van der Waals surface area contributed by atoms with Gasteiger partial charge < -0.3 is 29.3 Å². The minimum atomic E-state index is -0.530. The number of nitrogens with one attached hydrogen (secondary N) is 1. The maximum atomic E-state index is 12.6. The Hall–Kier alpha value is -2.35. The van der Waals surface area contributed by atoms with E-state index in [2.05, 4.69) is 12.1 Å². The van der Waals surface area contributed by atoms with Crippen molar-refractivity contribution >= 4 is 16.8 Å². The molecule has 156 valence electrons. The molecule has 0 spiro atoms. The van der Waals surface area contributed by atoms with Gasteiger partial charge in [0.2, 0.25) is 0 Å². The van der Waals surface area contributed by atoms with Crippen LogP contribution in [0.5, 0.6) is 5.75 Å². The SMILES string of the molecule is O=C(N1CCOCC1)N1CC[NH+](C[C@H](O)COc2ccc3ccccc3c2)CC1. The van der Waals surface area contributed by atoms with Crippen molar-refractivity contribution in [3.05, 3.63) is 42.5 Å². The first-order chi connectivity index (χ1) is 14.2. The number of aliphatic hydroxyl groups excluding tert-OH is 1. The van der Waals surface area contributed by atoms with Gasteiger partial charge in [-0.15, -0.1) is 0 Å². The van der Waals surface area contributed by atoms with Gasteiger partial charge in [-0.05, 0) is 22.9 Å². The Kier molecular flexibility index (Phi) is 6.49. The van der Waals surface area contributed by atoms with Crippen LogP contribution >= 0.6 is 0 Å². The number of fused-ring (bicyclic) bond motifs is 1. The molecule has 0 aromatic heterocycles. The Labute approximate surface area is 171 Å². The first-order valence-corrected chi connectivity index (χ1v) is 10.4. The summed E-state index contributed by atoms with van der Waals surface area (Å²) in [6.07, 6.45) is -0.530. The fraction of sp³-hybridized carbons (Fsp3) is 0.500. The smallest absolute Gasteiger partial charge is 0.320 e. The van der Waals surface area contributed by atoms with Crippen molar-refractivity contribution in [3.8, 4) is 5.75 Å². The van der Waals surface area contributed by atoms with E-state index in [0.717, 1.165) is 37.3 Å². The van der Waals surface area contributed by atoms with Crippen LogP contribution in [-0.4, -0.2) is 92.7 Å². The highest BCUT2D eigenvalue weighted by Crippen LogP contribution is 2.20. The van der Waals surface area contributed by atoms with Crippen molar-refractivity contribution in [3.63, 3.8) is 0 Å². The van der Waals surface area contributed by atoms with Gasteiger partial charge >= 0.3 is 6.03 Å². The number of quaternary nitrogens is 1. The van der Waals surface area contributed by atoms with Gasteiger partial charge in [0, 0.05) is 13.1 Å². The zero-order valence-corrected chi connectivity index (χ0v) is 16.8. The lowest BCUT2D eigenvalue weighted by atomic mass is 10.1. The first kappa shape index (κ1) is 19.9. The van der Waals surface area contributed by atoms with E-state index in [4.69, 9.17) is 9.47 Å². The lowest BCUT2D eigenvalue weighted by molar-refractivity contribution is -0.907. The van der Waals surface area contributed by atoms with Crippen LogP contribution in [0.15, 0.2) is 42.5 Å². The molecule has 2 N–H and O–H groups in total. The van der Waals surface area contributed by atoms with E-state index < -0.39 is 6.10 Å². The molecule has 2 aliphatic rings. The van der Waals surface area contributed by atoms with Crippen molar-refractivity contribution in [2.45, 2.75) is 6.10 Å². The number of morpholine rings is 1. The monoisotopic (exact) mass is 400 g/mol. The molecule has 7 nitrogen and oxygen atoms in total. The van der Waals surface area contributed by atoms with Gasteiger partial charge in [-0.25, -0.2) is 4.79 Å². The summed E-state index contributed by atoms with van der Waals surface area (Å²) in [6, 6.07) is 14.3. The number of ether oxygens (including phenoxy) is 2. The normalized spacial score (nSPS) is 19.3. The summed E-state index contributed by atoms with van der Waals surface area (Å²) in [6.45, 7) is 6.67. The Bertz CT molecular complexity index is 817. The average Bonchev–Trinajstić information content (AvgIpc) is 2.78. The molecule has 29 heavy (non-hydrogen) atoms. The average molecular weight is 400 g/mol. The van der Waals surface area contributed by atoms with Gasteiger partial charge in [0.1, 0.15) is 25.0 Å². The summed E-state index contributed by atoms with van der Waals surface area (Å²) in [4.78, 5) is 17.7. The molecule has 2 heterocycles. The summed E-state index contributed by atoms with van der Waals surface area (Å²) in [5.74, 6) is 0.777. The summed E-state index contributed by atoms with van der Waals surface area (Å²) < 4.78 is 11.1. The van der Waals surface area contributed by atoms with Gasteiger partial charge in [-0.1, -0.05) is 30.3 Å². The molecule has 4 rings (SSSR count). The molecule has 2 fully saturated rings. The molecular weight excluding hydrogens is 370 g/mol. The summed E-state index contributed by atoms with van der Waals surface area (Å²) in [5.41, 5.74) is 0. The number of piperazine rings is 1. The first-order valence-electron chi connectivity index (χ1n) is 10.4. The summed E-state index contributed by atoms with van der Waals surface area (Å²) in [7, 11) is 0. The lowest BCUT2D eigenvalue weighted by Gasteiger charge is -2.37. The summed E-state index contributed by atoms with van der Waals surface area (Å²) >= 11 is 0. The second-order valence-corrected chi connectivity index (χ2v) is 7.80. The second-order valence-electron chi connectivity index (χ2n) is 7.80. The number of carbonyl (C=O) groups is 1. The summed E-state index contributed by atoms with van der Waals surface area (Å²) in [5, 5.41) is 12.7. The van der Waals surface area contributed by atoms with Crippen LogP contribution < -0.4 is 9.64 Å². The molecule has 7 heteroatoms. The van der Waals surface area contributed by atoms with Crippen molar-refractivity contribution in [1.82, 2.24) is 9.80 Å². The molecule has 0 bridgehead atoms. The zero-order valence-electron chi connectivity index (χ0n) is 16.8. The van der Waals surface area contributed by atoms with E-state index in [9.17, 15) is 9.90 Å². The van der Waals surface area contributed by atoms with Crippen LogP contribution in [0.4, 0.5) is 4.79 Å². The van der Waals surface area contributed by atoms with Crippen LogP contribution in [0, 0.1) is 0 Å². The predicted octanol–water partition coefficient (Wildman–Crippen LogP) is 0.232. The number of urea groups is 1. The fourth-order valence-electron chi connectivity index (χ4n) is 4.01. The van der Waals surface area contributed by atoms with Gasteiger partial charge in [-0.3, -0.25) is 0 Å². The number of hydrogen-bond acceptors (Lipinski definition) is 4. The molecule has 2 aromatic carbocycles. The highest BCUT2D eigenvalue weighted by Gasteiger charge is 2.29. The van der Waals surface area contributed by atoms with Gasteiger partial charge in [0.15, 0.2) is 0 Å².